The molecule has 8 nitrogen and oxygen atoms in total. The van der Waals surface area contributed by atoms with Crippen LogP contribution in [0.3, 0.4) is 0 Å². The molecule has 2 fully saturated rings. The fraction of sp³-hybridized carbons (Fsp3) is 0.654. The van der Waals surface area contributed by atoms with Gasteiger partial charge in [0.15, 0.2) is 8.32 Å². The van der Waals surface area contributed by atoms with Crippen LogP contribution < -0.4 is 4.90 Å². The van der Waals surface area contributed by atoms with Crippen LogP contribution in [0.5, 0.6) is 0 Å². The highest BCUT2D eigenvalue weighted by molar-refractivity contribution is 6.71. The molecule has 2 saturated heterocycles. The molecule has 35 heavy (non-hydrogen) atoms. The van der Waals surface area contributed by atoms with Crippen LogP contribution in [0.4, 0.5) is 5.69 Å². The van der Waals surface area contributed by atoms with Gasteiger partial charge in [-0.15, -0.1) is 5.10 Å². The van der Waals surface area contributed by atoms with Crippen molar-refractivity contribution in [2.75, 3.05) is 18.1 Å². The SMILES string of the molecule is C[C@H]1[C@H]([Si](C)(C)O)[C@@H](CCn2cc(CCO)nn2)O[C@H]1CCc1cccc(N2CCCCC2=O)c1. The van der Waals surface area contributed by atoms with Gasteiger partial charge in [0.25, 0.3) is 0 Å². The number of carbonyl (C=O) groups excluding carboxylic acids is 1. The standard InChI is InChI=1S/C26H40N4O4Si/c1-19-23(11-10-20-7-6-8-22(17-20)30-14-5-4-9-25(30)32)34-24(26(19)35(2,3)33)12-15-29-18-21(13-16-31)27-28-29/h6-8,17-19,23-24,26,31,33H,4-5,9-16H2,1-3H3/t19-,23+,24-,26+/m1/s1. The largest absolute Gasteiger partial charge is 0.432 e. The van der Waals surface area contributed by atoms with Gasteiger partial charge in [-0.1, -0.05) is 24.3 Å². The normalized spacial score (nSPS) is 25.4. The van der Waals surface area contributed by atoms with E-state index in [4.69, 9.17) is 9.84 Å². The first-order valence-electron chi connectivity index (χ1n) is 13.0. The maximum Gasteiger partial charge on any atom is 0.226 e. The number of benzene rings is 1. The van der Waals surface area contributed by atoms with Crippen LogP contribution in [0, 0.1) is 5.92 Å². The summed E-state index contributed by atoms with van der Waals surface area (Å²) in [6.45, 7) is 7.79. The number of anilines is 1. The Kier molecular flexibility index (Phi) is 8.41. The number of amides is 1. The van der Waals surface area contributed by atoms with E-state index in [1.807, 2.05) is 41.0 Å². The summed E-state index contributed by atoms with van der Waals surface area (Å²) in [7, 11) is -2.43. The minimum absolute atomic E-state index is 0.00976. The van der Waals surface area contributed by atoms with Crippen LogP contribution in [-0.2, 0) is 28.9 Å². The number of aromatic nitrogens is 3. The fourth-order valence-corrected chi connectivity index (χ4v) is 8.54. The lowest BCUT2D eigenvalue weighted by Crippen LogP contribution is -2.40. The van der Waals surface area contributed by atoms with E-state index in [0.717, 1.165) is 50.0 Å². The Morgan fingerprint density at radius 2 is 2.00 bits per heavy atom. The predicted molar refractivity (Wildman–Crippen MR) is 138 cm³/mol. The van der Waals surface area contributed by atoms with Crippen LogP contribution in [-0.4, -0.2) is 64.5 Å². The lowest BCUT2D eigenvalue weighted by molar-refractivity contribution is -0.119. The predicted octanol–water partition coefficient (Wildman–Crippen LogP) is 3.32. The highest BCUT2D eigenvalue weighted by atomic mass is 28.4. The Morgan fingerprint density at radius 1 is 1.17 bits per heavy atom. The molecule has 1 aromatic carbocycles. The highest BCUT2D eigenvalue weighted by Gasteiger charge is 2.49. The van der Waals surface area contributed by atoms with Gasteiger partial charge in [0.1, 0.15) is 0 Å². The van der Waals surface area contributed by atoms with Gasteiger partial charge in [0, 0.05) is 50.0 Å². The summed E-state index contributed by atoms with van der Waals surface area (Å²) >= 11 is 0. The van der Waals surface area contributed by atoms with Crippen molar-refractivity contribution in [1.29, 1.82) is 0 Å². The minimum Gasteiger partial charge on any atom is -0.432 e. The topological polar surface area (TPSA) is 101 Å². The van der Waals surface area contributed by atoms with E-state index < -0.39 is 8.32 Å². The van der Waals surface area contributed by atoms with Crippen molar-refractivity contribution in [2.24, 2.45) is 5.92 Å². The molecule has 4 atom stereocenters. The Hall–Kier alpha value is -2.07. The number of aryl methyl sites for hydroxylation is 2. The number of hydrogen-bond donors (Lipinski definition) is 2. The molecule has 2 aromatic rings. The molecule has 192 valence electrons. The number of rotatable bonds is 10. The smallest absolute Gasteiger partial charge is 0.226 e. The maximum atomic E-state index is 12.3. The Morgan fingerprint density at radius 3 is 2.74 bits per heavy atom. The maximum absolute atomic E-state index is 12.3. The summed E-state index contributed by atoms with van der Waals surface area (Å²) in [6, 6.07) is 8.36. The van der Waals surface area contributed by atoms with Gasteiger partial charge in [-0.2, -0.15) is 0 Å². The minimum atomic E-state index is -2.43. The van der Waals surface area contributed by atoms with Crippen molar-refractivity contribution in [1.82, 2.24) is 15.0 Å². The molecule has 1 amide bonds. The van der Waals surface area contributed by atoms with Crippen molar-refractivity contribution < 1.29 is 19.4 Å². The summed E-state index contributed by atoms with van der Waals surface area (Å²) in [4.78, 5) is 25.4. The molecule has 0 unspecified atom stereocenters. The van der Waals surface area contributed by atoms with Gasteiger partial charge in [0.05, 0.1) is 17.9 Å². The van der Waals surface area contributed by atoms with E-state index in [1.165, 1.54) is 5.56 Å². The van der Waals surface area contributed by atoms with Gasteiger partial charge in [0.2, 0.25) is 5.91 Å². The highest BCUT2D eigenvalue weighted by Crippen LogP contribution is 2.45. The third kappa shape index (κ3) is 6.38. The van der Waals surface area contributed by atoms with Crippen molar-refractivity contribution in [3.8, 4) is 0 Å². The Bertz CT molecular complexity index is 992. The van der Waals surface area contributed by atoms with Gasteiger partial charge < -0.3 is 19.5 Å². The first-order chi connectivity index (χ1) is 16.8. The van der Waals surface area contributed by atoms with Crippen LogP contribution in [0.1, 0.15) is 50.3 Å². The van der Waals surface area contributed by atoms with Crippen LogP contribution >= 0.6 is 0 Å². The Balaban J connectivity index is 1.38. The zero-order valence-electron chi connectivity index (χ0n) is 21.3. The van der Waals surface area contributed by atoms with E-state index in [1.54, 1.807) is 0 Å². The number of aliphatic hydroxyl groups is 1. The molecule has 3 heterocycles. The molecule has 1 aromatic heterocycles. The molecule has 0 aliphatic carbocycles. The summed E-state index contributed by atoms with van der Waals surface area (Å²) in [5.74, 6) is 0.497. The second-order valence-electron chi connectivity index (χ2n) is 10.7. The van der Waals surface area contributed by atoms with Crippen molar-refractivity contribution in [3.05, 3.63) is 41.7 Å². The lowest BCUT2D eigenvalue weighted by Gasteiger charge is -2.30. The van der Waals surface area contributed by atoms with E-state index in [-0.39, 0.29) is 36.2 Å². The molecule has 0 radical (unpaired) electrons. The average Bonchev–Trinajstić information content (AvgIpc) is 3.40. The van der Waals surface area contributed by atoms with Crippen LogP contribution in [0.15, 0.2) is 30.5 Å². The van der Waals surface area contributed by atoms with Crippen molar-refractivity contribution >= 4 is 19.9 Å². The van der Waals surface area contributed by atoms with Crippen LogP contribution in [0.2, 0.25) is 18.6 Å². The zero-order valence-corrected chi connectivity index (χ0v) is 22.3. The van der Waals surface area contributed by atoms with Crippen molar-refractivity contribution in [2.45, 2.75) is 89.3 Å². The van der Waals surface area contributed by atoms with Gasteiger partial charge in [-0.25, -0.2) is 0 Å². The van der Waals surface area contributed by atoms with E-state index >= 15 is 0 Å². The second kappa shape index (κ2) is 11.3. The van der Waals surface area contributed by atoms with Gasteiger partial charge >= 0.3 is 0 Å². The number of hydrogen-bond acceptors (Lipinski definition) is 6. The van der Waals surface area contributed by atoms with Crippen molar-refractivity contribution in [3.63, 3.8) is 0 Å². The monoisotopic (exact) mass is 500 g/mol. The van der Waals surface area contributed by atoms with E-state index in [2.05, 4.69) is 29.4 Å². The summed E-state index contributed by atoms with van der Waals surface area (Å²) < 4.78 is 8.39. The third-order valence-corrected chi connectivity index (χ3v) is 10.1. The number of ether oxygens (including phenoxy) is 1. The third-order valence-electron chi connectivity index (χ3n) is 7.58. The Labute approximate surface area is 209 Å². The quantitative estimate of drug-likeness (QED) is 0.486. The zero-order chi connectivity index (χ0) is 25.0. The summed E-state index contributed by atoms with van der Waals surface area (Å²) in [5.41, 5.74) is 3.16. The molecular weight excluding hydrogens is 460 g/mol. The molecule has 0 saturated carbocycles. The first kappa shape index (κ1) is 26.0. The van der Waals surface area contributed by atoms with Crippen LogP contribution in [0.25, 0.3) is 0 Å². The number of carbonyl (C=O) groups is 1. The van der Waals surface area contributed by atoms with Gasteiger partial charge in [-0.3, -0.25) is 9.48 Å². The number of piperidine rings is 1. The molecule has 4 rings (SSSR count). The number of aliphatic hydroxyl groups excluding tert-OH is 1. The summed E-state index contributed by atoms with van der Waals surface area (Å²) in [6.07, 6.45) is 7.69. The molecule has 2 aliphatic rings. The summed E-state index contributed by atoms with van der Waals surface area (Å²) in [5, 5.41) is 17.4. The van der Waals surface area contributed by atoms with Gasteiger partial charge in [-0.05, 0) is 68.8 Å². The molecule has 2 N–H and O–H groups in total. The average molecular weight is 501 g/mol. The second-order valence-corrected chi connectivity index (χ2v) is 14.7. The van der Waals surface area contributed by atoms with E-state index in [9.17, 15) is 9.59 Å². The lowest BCUT2D eigenvalue weighted by atomic mass is 9.95. The molecule has 0 bridgehead atoms. The van der Waals surface area contributed by atoms with E-state index in [0.29, 0.717) is 19.4 Å². The molecule has 9 heteroatoms. The molecule has 0 spiro atoms. The molecule has 2 aliphatic heterocycles. The first-order valence-corrected chi connectivity index (χ1v) is 16.1. The fourth-order valence-electron chi connectivity index (χ4n) is 5.88. The molecular formula is C26H40N4O4Si. The number of nitrogens with zero attached hydrogens (tertiary/aromatic N) is 4.